The topological polar surface area (TPSA) is 63.3 Å². The SMILES string of the molecule is Cc1cc(C)n2c1C(CCNC(=O)CCC(=O)OCC1C3CCC#CCCC31)=C1C=CC=[N+]1[B-]2(F)F. The second kappa shape index (κ2) is 9.72. The summed E-state index contributed by atoms with van der Waals surface area (Å²) in [6.07, 6.45) is 9.22. The van der Waals surface area contributed by atoms with E-state index in [0.29, 0.717) is 54.4 Å². The Kier molecular flexibility index (Phi) is 6.63. The third-order valence-corrected chi connectivity index (χ3v) is 7.97. The fourth-order valence-corrected chi connectivity index (χ4v) is 6.19. The van der Waals surface area contributed by atoms with Crippen molar-refractivity contribution in [2.24, 2.45) is 17.8 Å². The number of amides is 1. The molecule has 1 aromatic rings. The molecule has 0 bridgehead atoms. The molecule has 190 valence electrons. The van der Waals surface area contributed by atoms with Crippen LogP contribution in [0.15, 0.2) is 23.9 Å². The van der Waals surface area contributed by atoms with Gasteiger partial charge in [0.05, 0.1) is 13.0 Å². The van der Waals surface area contributed by atoms with Crippen molar-refractivity contribution in [3.63, 3.8) is 0 Å². The summed E-state index contributed by atoms with van der Waals surface area (Å²) >= 11 is 0. The Hall–Kier alpha value is -3.15. The predicted molar refractivity (Wildman–Crippen MR) is 134 cm³/mol. The monoisotopic (exact) mass is 495 g/mol. The lowest BCUT2D eigenvalue weighted by molar-refractivity contribution is -0.356. The van der Waals surface area contributed by atoms with Crippen LogP contribution < -0.4 is 5.32 Å². The molecule has 1 fully saturated rings. The predicted octanol–water partition coefficient (Wildman–Crippen LogP) is 3.97. The van der Waals surface area contributed by atoms with Crippen molar-refractivity contribution in [3.8, 4) is 11.8 Å². The second-order valence-electron chi connectivity index (χ2n) is 10.3. The van der Waals surface area contributed by atoms with Crippen LogP contribution in [-0.2, 0) is 14.3 Å². The first-order valence-corrected chi connectivity index (χ1v) is 12.9. The van der Waals surface area contributed by atoms with Crippen LogP contribution in [0.4, 0.5) is 8.63 Å². The number of carbonyl (C=O) groups excluding carboxylic acids is 2. The number of ether oxygens (including phenoxy) is 1. The van der Waals surface area contributed by atoms with Crippen molar-refractivity contribution < 1.29 is 27.4 Å². The molecule has 3 heterocycles. The van der Waals surface area contributed by atoms with Crippen LogP contribution in [-0.4, -0.2) is 47.2 Å². The van der Waals surface area contributed by atoms with E-state index in [9.17, 15) is 9.59 Å². The minimum absolute atomic E-state index is 0.0340. The van der Waals surface area contributed by atoms with E-state index in [1.54, 1.807) is 25.1 Å². The van der Waals surface area contributed by atoms with Crippen molar-refractivity contribution in [3.05, 3.63) is 40.9 Å². The first-order valence-electron chi connectivity index (χ1n) is 12.9. The number of aryl methyl sites for hydroxylation is 2. The molecule has 0 aromatic carbocycles. The van der Waals surface area contributed by atoms with Crippen molar-refractivity contribution >= 4 is 30.6 Å². The lowest BCUT2D eigenvalue weighted by Gasteiger charge is -2.32. The number of allylic oxidation sites excluding steroid dienone is 2. The van der Waals surface area contributed by atoms with Gasteiger partial charge in [-0.05, 0) is 68.2 Å². The zero-order chi connectivity index (χ0) is 25.4. The van der Waals surface area contributed by atoms with E-state index in [2.05, 4.69) is 17.2 Å². The van der Waals surface area contributed by atoms with E-state index in [0.717, 1.165) is 45.8 Å². The van der Waals surface area contributed by atoms with Gasteiger partial charge in [-0.1, -0.05) is 0 Å². The molecule has 0 saturated heterocycles. The first-order chi connectivity index (χ1) is 17.3. The molecular formula is C27H32BF2N3O3. The fraction of sp³-hybridized carbons (Fsp3) is 0.519. The lowest BCUT2D eigenvalue weighted by atomic mass is 9.86. The van der Waals surface area contributed by atoms with Crippen molar-refractivity contribution in [2.75, 3.05) is 13.2 Å². The summed E-state index contributed by atoms with van der Waals surface area (Å²) in [5, 5.41) is 2.84. The van der Waals surface area contributed by atoms with Gasteiger partial charge in [-0.15, -0.1) is 11.8 Å². The standard InChI is InChI=1S/C27H32BF2N3O3/c1-18-16-19(2)33-27(18)22(24-10-7-15-32(24)28(33,29)30)13-14-31-25(34)11-12-26(35)36-17-23-20-8-5-3-4-6-9-21(20)23/h7,10,15-16,20-21,23H,5-6,8-9,11-14,17H2,1-2H3,(H,31,34). The van der Waals surface area contributed by atoms with Crippen molar-refractivity contribution in [2.45, 2.75) is 58.8 Å². The van der Waals surface area contributed by atoms with E-state index in [4.69, 9.17) is 4.74 Å². The summed E-state index contributed by atoms with van der Waals surface area (Å²) < 4.78 is 38.0. The highest BCUT2D eigenvalue weighted by Crippen LogP contribution is 2.52. The summed E-state index contributed by atoms with van der Waals surface area (Å²) in [5.41, 5.74) is 3.09. The Bertz CT molecular complexity index is 1230. The number of nitrogens with one attached hydrogen (secondary N) is 1. The highest BCUT2D eigenvalue weighted by atomic mass is 19.2. The number of fused-ring (bicyclic) bond motifs is 3. The maximum Gasteiger partial charge on any atom is 0.737 e. The number of aromatic nitrogens is 1. The molecular weight excluding hydrogens is 463 g/mol. The third-order valence-electron chi connectivity index (χ3n) is 7.97. The average Bonchev–Trinajstić information content (AvgIpc) is 3.12. The van der Waals surface area contributed by atoms with Gasteiger partial charge in [-0.3, -0.25) is 9.59 Å². The molecule has 1 saturated carbocycles. The van der Waals surface area contributed by atoms with Crippen LogP contribution in [0.5, 0.6) is 0 Å². The molecule has 1 N–H and O–H groups in total. The van der Waals surface area contributed by atoms with Gasteiger partial charge in [0.2, 0.25) is 5.91 Å². The fourth-order valence-electron chi connectivity index (χ4n) is 6.19. The summed E-state index contributed by atoms with van der Waals surface area (Å²) in [6.45, 7) is 0.292. The van der Waals surface area contributed by atoms with Crippen molar-refractivity contribution in [1.82, 2.24) is 9.79 Å². The van der Waals surface area contributed by atoms with E-state index < -0.39 is 6.97 Å². The van der Waals surface area contributed by atoms with Crippen LogP contribution >= 0.6 is 0 Å². The van der Waals surface area contributed by atoms with Crippen LogP contribution in [0, 0.1) is 43.4 Å². The smallest absolute Gasteiger partial charge is 0.465 e. The zero-order valence-electron chi connectivity index (χ0n) is 20.9. The molecule has 9 heteroatoms. The van der Waals surface area contributed by atoms with Gasteiger partial charge in [0.15, 0.2) is 5.70 Å². The Morgan fingerprint density at radius 2 is 1.92 bits per heavy atom. The van der Waals surface area contributed by atoms with E-state index >= 15 is 8.63 Å². The van der Waals surface area contributed by atoms with Crippen LogP contribution in [0.1, 0.15) is 61.9 Å². The number of hydrogen-bond donors (Lipinski definition) is 1. The molecule has 2 atom stereocenters. The molecule has 5 rings (SSSR count). The number of esters is 1. The summed E-state index contributed by atoms with van der Waals surface area (Å²) in [4.78, 5) is 24.5. The van der Waals surface area contributed by atoms with Gasteiger partial charge in [0.1, 0.15) is 6.21 Å². The Morgan fingerprint density at radius 3 is 2.64 bits per heavy atom. The van der Waals surface area contributed by atoms with Gasteiger partial charge in [0.25, 0.3) is 0 Å². The van der Waals surface area contributed by atoms with E-state index in [-0.39, 0.29) is 24.7 Å². The minimum atomic E-state index is -3.96. The molecule has 2 aliphatic heterocycles. The van der Waals surface area contributed by atoms with E-state index in [1.165, 1.54) is 6.21 Å². The van der Waals surface area contributed by atoms with E-state index in [1.807, 2.05) is 6.92 Å². The highest BCUT2D eigenvalue weighted by Gasteiger charge is 2.52. The van der Waals surface area contributed by atoms with Gasteiger partial charge in [-0.2, -0.15) is 0 Å². The lowest BCUT2D eigenvalue weighted by Crippen LogP contribution is -2.50. The molecule has 36 heavy (non-hydrogen) atoms. The zero-order valence-corrected chi connectivity index (χ0v) is 20.9. The van der Waals surface area contributed by atoms with Crippen LogP contribution in [0.3, 0.4) is 0 Å². The summed E-state index contributed by atoms with van der Waals surface area (Å²) in [5.74, 6) is 7.41. The average molecular weight is 495 g/mol. The maximum absolute atomic E-state index is 15.2. The summed E-state index contributed by atoms with van der Waals surface area (Å²) in [7, 11) is 0. The Morgan fingerprint density at radius 1 is 1.19 bits per heavy atom. The molecule has 6 nitrogen and oxygen atoms in total. The molecule has 4 aliphatic rings. The molecule has 2 aliphatic carbocycles. The number of nitrogens with zero attached hydrogens (tertiary/aromatic N) is 2. The van der Waals surface area contributed by atoms with Crippen molar-refractivity contribution in [1.29, 1.82) is 0 Å². The van der Waals surface area contributed by atoms with Crippen LogP contribution in [0.25, 0.3) is 5.57 Å². The third kappa shape index (κ3) is 4.54. The minimum Gasteiger partial charge on any atom is -0.465 e. The van der Waals surface area contributed by atoms with Gasteiger partial charge >= 0.3 is 12.9 Å². The molecule has 0 radical (unpaired) electrons. The first kappa shape index (κ1) is 24.5. The Balaban J connectivity index is 1.10. The second-order valence-corrected chi connectivity index (χ2v) is 10.3. The molecule has 1 amide bonds. The number of hydrogen-bond acceptors (Lipinski definition) is 3. The number of rotatable bonds is 8. The molecule has 2 unspecified atom stereocenters. The van der Waals surface area contributed by atoms with Gasteiger partial charge in [0, 0.05) is 49.2 Å². The Labute approximate surface area is 210 Å². The number of carbonyl (C=O) groups is 2. The number of halogens is 2. The highest BCUT2D eigenvalue weighted by molar-refractivity contribution is 6.57. The van der Waals surface area contributed by atoms with Gasteiger partial charge in [-0.25, -0.2) is 0 Å². The summed E-state index contributed by atoms with van der Waals surface area (Å²) in [6, 6.07) is 1.77. The molecule has 0 spiro atoms. The quantitative estimate of drug-likeness (QED) is 0.337. The van der Waals surface area contributed by atoms with Crippen LogP contribution in [0.2, 0.25) is 0 Å². The molecule has 1 aromatic heterocycles. The normalized spacial score (nSPS) is 24.9. The largest absolute Gasteiger partial charge is 0.737 e. The maximum atomic E-state index is 15.2. The van der Waals surface area contributed by atoms with Gasteiger partial charge < -0.3 is 27.6 Å².